The molecule has 4 aromatic rings. The van der Waals surface area contributed by atoms with Crippen LogP contribution in [0.15, 0.2) is 57.9 Å². The van der Waals surface area contributed by atoms with Gasteiger partial charge in [-0.2, -0.15) is 0 Å². The van der Waals surface area contributed by atoms with Gasteiger partial charge >= 0.3 is 0 Å². The Hall–Kier alpha value is -2.29. The molecule has 0 aliphatic rings. The number of thiazole rings is 1. The molecule has 26 heavy (non-hydrogen) atoms. The van der Waals surface area contributed by atoms with Crippen molar-refractivity contribution in [1.29, 1.82) is 0 Å². The number of hydrogen-bond donors (Lipinski definition) is 0. The van der Waals surface area contributed by atoms with Gasteiger partial charge in [0.1, 0.15) is 10.8 Å². The number of hydrogen-bond acceptors (Lipinski definition) is 8. The van der Waals surface area contributed by atoms with Crippen LogP contribution < -0.4 is 4.74 Å². The van der Waals surface area contributed by atoms with E-state index >= 15 is 0 Å². The average molecular weight is 399 g/mol. The highest BCUT2D eigenvalue weighted by Crippen LogP contribution is 2.32. The topological polar surface area (TPSA) is 60.3 Å². The molecule has 0 N–H and O–H groups in total. The molecule has 0 saturated heterocycles. The van der Waals surface area contributed by atoms with Crippen molar-refractivity contribution in [2.24, 2.45) is 4.99 Å². The van der Waals surface area contributed by atoms with Crippen LogP contribution in [0.4, 0.5) is 5.13 Å². The molecule has 0 spiro atoms. The van der Waals surface area contributed by atoms with Crippen molar-refractivity contribution in [3.8, 4) is 5.75 Å². The van der Waals surface area contributed by atoms with Gasteiger partial charge in [0.15, 0.2) is 4.34 Å². The van der Waals surface area contributed by atoms with E-state index in [-0.39, 0.29) is 0 Å². The Balaban J connectivity index is 1.38. The third-order valence-electron chi connectivity index (χ3n) is 3.49. The second-order valence-electron chi connectivity index (χ2n) is 5.25. The summed E-state index contributed by atoms with van der Waals surface area (Å²) in [5.74, 6) is 1.57. The zero-order chi connectivity index (χ0) is 17.8. The van der Waals surface area contributed by atoms with E-state index in [2.05, 4.69) is 26.2 Å². The first kappa shape index (κ1) is 17.1. The summed E-state index contributed by atoms with van der Waals surface area (Å²) in [4.78, 5) is 9.02. The molecule has 0 aliphatic heterocycles. The standard InChI is InChI=1S/C18H14N4OS3/c1-23-13-8-6-12(7-9-13)10-19-17-22-21-16(26-17)11-24-18-20-14-4-2-3-5-15(14)25-18/h2-10H,11H2,1H3/b19-10+. The quantitative estimate of drug-likeness (QED) is 0.330. The summed E-state index contributed by atoms with van der Waals surface area (Å²) in [7, 11) is 1.65. The smallest absolute Gasteiger partial charge is 0.231 e. The molecule has 0 radical (unpaired) electrons. The van der Waals surface area contributed by atoms with Crippen molar-refractivity contribution in [3.05, 3.63) is 59.1 Å². The van der Waals surface area contributed by atoms with Gasteiger partial charge < -0.3 is 4.74 Å². The van der Waals surface area contributed by atoms with Crippen LogP contribution >= 0.6 is 34.4 Å². The summed E-state index contributed by atoms with van der Waals surface area (Å²) in [5, 5.41) is 9.95. The number of fused-ring (bicyclic) bond motifs is 1. The van der Waals surface area contributed by atoms with Crippen LogP contribution in [0.5, 0.6) is 5.75 Å². The van der Waals surface area contributed by atoms with Gasteiger partial charge in [0.2, 0.25) is 5.13 Å². The normalized spacial score (nSPS) is 11.4. The van der Waals surface area contributed by atoms with E-state index in [9.17, 15) is 0 Å². The SMILES string of the molecule is COc1ccc(/C=N/c2nnc(CSc3nc4ccccc4s3)s2)cc1. The number of methoxy groups -OCH3 is 1. The maximum absolute atomic E-state index is 5.15. The lowest BCUT2D eigenvalue weighted by Gasteiger charge is -1.98. The number of para-hydroxylation sites is 1. The molecule has 0 aliphatic carbocycles. The minimum Gasteiger partial charge on any atom is -0.497 e. The minimum atomic E-state index is 0.653. The van der Waals surface area contributed by atoms with Crippen molar-refractivity contribution in [2.75, 3.05) is 7.11 Å². The zero-order valence-corrected chi connectivity index (χ0v) is 16.3. The molecule has 4 rings (SSSR count). The number of thioether (sulfide) groups is 1. The fraction of sp³-hybridized carbons (Fsp3) is 0.111. The summed E-state index contributed by atoms with van der Waals surface area (Å²) in [5.41, 5.74) is 2.04. The van der Waals surface area contributed by atoms with Crippen LogP contribution in [0.3, 0.4) is 0 Å². The van der Waals surface area contributed by atoms with Gasteiger partial charge in [-0.1, -0.05) is 35.2 Å². The average Bonchev–Trinajstić information content (AvgIpc) is 3.31. The Kier molecular flexibility index (Phi) is 5.24. The lowest BCUT2D eigenvalue weighted by Crippen LogP contribution is -1.84. The number of rotatable bonds is 6. The van der Waals surface area contributed by atoms with E-state index in [1.165, 1.54) is 16.0 Å². The van der Waals surface area contributed by atoms with Crippen LogP contribution in [0, 0.1) is 0 Å². The molecule has 8 heteroatoms. The van der Waals surface area contributed by atoms with E-state index in [0.717, 1.165) is 31.9 Å². The maximum Gasteiger partial charge on any atom is 0.231 e. The molecule has 5 nitrogen and oxygen atoms in total. The van der Waals surface area contributed by atoms with Crippen LogP contribution in [0.25, 0.3) is 10.2 Å². The van der Waals surface area contributed by atoms with Crippen LogP contribution in [0.1, 0.15) is 10.6 Å². The van der Waals surface area contributed by atoms with Gasteiger partial charge in [-0.05, 0) is 42.0 Å². The lowest BCUT2D eigenvalue weighted by atomic mass is 10.2. The van der Waals surface area contributed by atoms with Gasteiger partial charge in [-0.3, -0.25) is 0 Å². The van der Waals surface area contributed by atoms with Gasteiger partial charge in [0, 0.05) is 6.21 Å². The zero-order valence-electron chi connectivity index (χ0n) is 13.8. The number of aromatic nitrogens is 3. The molecule has 0 saturated carbocycles. The van der Waals surface area contributed by atoms with Crippen molar-refractivity contribution < 1.29 is 4.74 Å². The van der Waals surface area contributed by atoms with E-state index < -0.39 is 0 Å². The molecule has 130 valence electrons. The lowest BCUT2D eigenvalue weighted by molar-refractivity contribution is 0.415. The first-order valence-electron chi connectivity index (χ1n) is 7.79. The largest absolute Gasteiger partial charge is 0.497 e. The summed E-state index contributed by atoms with van der Waals surface area (Å²) < 4.78 is 7.40. The number of ether oxygens (including phenoxy) is 1. The summed E-state index contributed by atoms with van der Waals surface area (Å²) in [6.45, 7) is 0. The highest BCUT2D eigenvalue weighted by molar-refractivity contribution is 8.00. The van der Waals surface area contributed by atoms with E-state index in [0.29, 0.717) is 5.13 Å². The molecular weight excluding hydrogens is 384 g/mol. The van der Waals surface area contributed by atoms with Gasteiger partial charge in [-0.25, -0.2) is 9.98 Å². The molecule has 0 unspecified atom stereocenters. The Morgan fingerprint density at radius 2 is 1.92 bits per heavy atom. The van der Waals surface area contributed by atoms with Crippen molar-refractivity contribution in [3.63, 3.8) is 0 Å². The first-order chi connectivity index (χ1) is 12.8. The maximum atomic E-state index is 5.15. The Morgan fingerprint density at radius 1 is 1.08 bits per heavy atom. The summed E-state index contributed by atoms with van der Waals surface area (Å²) in [6, 6.07) is 15.9. The third kappa shape index (κ3) is 4.09. The van der Waals surface area contributed by atoms with Crippen molar-refractivity contribution >= 4 is 56.0 Å². The Bertz CT molecular complexity index is 1010. The third-order valence-corrected chi connectivity index (χ3v) is 6.69. The minimum absolute atomic E-state index is 0.653. The summed E-state index contributed by atoms with van der Waals surface area (Å²) in [6.07, 6.45) is 1.78. The predicted octanol–water partition coefficient (Wildman–Crippen LogP) is 5.20. The van der Waals surface area contributed by atoms with Crippen LogP contribution in [0.2, 0.25) is 0 Å². The number of benzene rings is 2. The van der Waals surface area contributed by atoms with E-state index in [1.807, 2.05) is 42.5 Å². The fourth-order valence-corrected chi connectivity index (χ4v) is 4.95. The van der Waals surface area contributed by atoms with E-state index in [4.69, 9.17) is 4.74 Å². The van der Waals surface area contributed by atoms with Gasteiger partial charge in [0.25, 0.3) is 0 Å². The monoisotopic (exact) mass is 398 g/mol. The van der Waals surface area contributed by atoms with E-state index in [1.54, 1.807) is 36.4 Å². The molecule has 2 heterocycles. The molecule has 0 bridgehead atoms. The Labute approximate surface area is 162 Å². The number of nitrogens with zero attached hydrogens (tertiary/aromatic N) is 4. The highest BCUT2D eigenvalue weighted by Gasteiger charge is 2.07. The molecule has 0 atom stereocenters. The highest BCUT2D eigenvalue weighted by atomic mass is 32.2. The first-order valence-corrected chi connectivity index (χ1v) is 10.4. The molecule has 2 aromatic carbocycles. The van der Waals surface area contributed by atoms with Crippen LogP contribution in [-0.4, -0.2) is 28.5 Å². The Morgan fingerprint density at radius 3 is 2.73 bits per heavy atom. The second kappa shape index (κ2) is 7.94. The second-order valence-corrected chi connectivity index (χ2v) is 8.54. The molecule has 2 aromatic heterocycles. The van der Waals surface area contributed by atoms with Gasteiger partial charge in [0.05, 0.1) is 23.1 Å². The fourth-order valence-electron chi connectivity index (χ4n) is 2.21. The van der Waals surface area contributed by atoms with Gasteiger partial charge in [-0.15, -0.1) is 21.5 Å². The predicted molar refractivity (Wildman–Crippen MR) is 109 cm³/mol. The molecular formula is C18H14N4OS3. The van der Waals surface area contributed by atoms with Crippen LogP contribution in [-0.2, 0) is 5.75 Å². The summed E-state index contributed by atoms with van der Waals surface area (Å²) >= 11 is 4.88. The molecule has 0 fully saturated rings. The number of aliphatic imine (C=N–C) groups is 1. The van der Waals surface area contributed by atoms with Crippen molar-refractivity contribution in [2.45, 2.75) is 10.1 Å². The van der Waals surface area contributed by atoms with Crippen molar-refractivity contribution in [1.82, 2.24) is 15.2 Å². The molecule has 0 amide bonds.